The molecule has 2 rings (SSSR count). The van der Waals surface area contributed by atoms with Crippen molar-refractivity contribution in [1.29, 1.82) is 0 Å². The summed E-state index contributed by atoms with van der Waals surface area (Å²) in [7, 11) is 0. The minimum Gasteiger partial charge on any atom is -0.378 e. The first-order valence-electron chi connectivity index (χ1n) is 10.1. The molecule has 0 atom stereocenters. The lowest BCUT2D eigenvalue weighted by molar-refractivity contribution is 0.00543. The van der Waals surface area contributed by atoms with Gasteiger partial charge in [0.2, 0.25) is 0 Å². The molecule has 0 aromatic heterocycles. The van der Waals surface area contributed by atoms with Crippen LogP contribution in [-0.4, -0.2) is 12.7 Å². The van der Waals surface area contributed by atoms with E-state index < -0.39 is 0 Å². The van der Waals surface area contributed by atoms with Crippen molar-refractivity contribution in [2.45, 2.75) is 96.5 Å². The monoisotopic (exact) mass is 306 g/mol. The molecule has 0 aromatic rings. The summed E-state index contributed by atoms with van der Waals surface area (Å²) in [5.74, 6) is 3.03. The second kappa shape index (κ2) is 10.5. The normalized spacial score (nSPS) is 32.8. The van der Waals surface area contributed by atoms with Gasteiger partial charge in [0.1, 0.15) is 0 Å². The van der Waals surface area contributed by atoms with Crippen LogP contribution in [0.4, 0.5) is 0 Å². The summed E-state index contributed by atoms with van der Waals surface area (Å²) in [6, 6.07) is 0. The molecule has 1 nitrogen and oxygen atoms in total. The van der Waals surface area contributed by atoms with Crippen molar-refractivity contribution < 1.29 is 4.74 Å². The molecule has 0 aromatic carbocycles. The molecular weight excluding hydrogens is 268 g/mol. The van der Waals surface area contributed by atoms with E-state index in [1.165, 1.54) is 83.5 Å². The second-order valence-corrected chi connectivity index (χ2v) is 7.76. The van der Waals surface area contributed by atoms with Gasteiger partial charge in [-0.15, -0.1) is 6.58 Å². The fourth-order valence-corrected chi connectivity index (χ4v) is 4.63. The van der Waals surface area contributed by atoms with E-state index in [0.29, 0.717) is 6.10 Å². The summed E-state index contributed by atoms with van der Waals surface area (Å²) >= 11 is 0. The molecule has 0 radical (unpaired) electrons. The lowest BCUT2D eigenvalue weighted by Gasteiger charge is -2.37. The molecule has 0 spiro atoms. The van der Waals surface area contributed by atoms with E-state index in [-0.39, 0.29) is 0 Å². The van der Waals surface area contributed by atoms with Gasteiger partial charge in [0, 0.05) is 6.61 Å². The zero-order valence-electron chi connectivity index (χ0n) is 14.9. The maximum Gasteiger partial charge on any atom is 0.0575 e. The first kappa shape index (κ1) is 18.0. The van der Waals surface area contributed by atoms with Crippen molar-refractivity contribution in [2.75, 3.05) is 6.61 Å². The van der Waals surface area contributed by atoms with Crippen LogP contribution in [0, 0.1) is 17.8 Å². The first-order valence-corrected chi connectivity index (χ1v) is 10.1. The first-order chi connectivity index (χ1) is 10.8. The minimum atomic E-state index is 0.581. The molecule has 1 heteroatoms. The number of allylic oxidation sites excluding steroid dienone is 1. The second-order valence-electron chi connectivity index (χ2n) is 7.76. The van der Waals surface area contributed by atoms with E-state index in [1.807, 2.05) is 0 Å². The van der Waals surface area contributed by atoms with Crippen molar-refractivity contribution >= 4 is 0 Å². The smallest absolute Gasteiger partial charge is 0.0575 e. The van der Waals surface area contributed by atoms with Crippen LogP contribution in [0.2, 0.25) is 0 Å². The molecule has 0 bridgehead atoms. The molecule has 0 unspecified atom stereocenters. The van der Waals surface area contributed by atoms with E-state index in [1.54, 1.807) is 0 Å². The quantitative estimate of drug-likeness (QED) is 0.348. The molecular formula is C21H38O. The topological polar surface area (TPSA) is 9.23 Å². The van der Waals surface area contributed by atoms with E-state index in [2.05, 4.69) is 19.6 Å². The predicted molar refractivity (Wildman–Crippen MR) is 96.1 cm³/mol. The number of hydrogen-bond donors (Lipinski definition) is 0. The van der Waals surface area contributed by atoms with Gasteiger partial charge < -0.3 is 4.74 Å². The average molecular weight is 307 g/mol. The minimum absolute atomic E-state index is 0.581. The summed E-state index contributed by atoms with van der Waals surface area (Å²) in [6.07, 6.45) is 20.6. The van der Waals surface area contributed by atoms with Crippen molar-refractivity contribution in [3.8, 4) is 0 Å². The van der Waals surface area contributed by atoms with E-state index in [9.17, 15) is 0 Å². The van der Waals surface area contributed by atoms with Gasteiger partial charge in [0.15, 0.2) is 0 Å². The Morgan fingerprint density at radius 1 is 0.909 bits per heavy atom. The van der Waals surface area contributed by atoms with Crippen LogP contribution in [0.15, 0.2) is 12.7 Å². The number of ether oxygens (including phenoxy) is 1. The van der Waals surface area contributed by atoms with Gasteiger partial charge in [-0.3, -0.25) is 0 Å². The van der Waals surface area contributed by atoms with Crippen molar-refractivity contribution in [2.24, 2.45) is 17.8 Å². The van der Waals surface area contributed by atoms with Gasteiger partial charge in [-0.25, -0.2) is 0 Å². The SMILES string of the molecule is C=CCCC1CCC(C2CCC(OCCCCC)CC2)CC1. The van der Waals surface area contributed by atoms with Crippen LogP contribution in [0.1, 0.15) is 90.4 Å². The Morgan fingerprint density at radius 2 is 1.55 bits per heavy atom. The standard InChI is InChI=1S/C21H38O/c1-3-5-7-17-22-21-15-13-20(14-16-21)19-11-9-18(10-12-19)8-6-4-2/h4,18-21H,2-3,5-17H2,1H3. The van der Waals surface area contributed by atoms with Gasteiger partial charge in [-0.1, -0.05) is 38.7 Å². The largest absolute Gasteiger partial charge is 0.378 e. The third kappa shape index (κ3) is 6.07. The third-order valence-electron chi connectivity index (χ3n) is 6.16. The van der Waals surface area contributed by atoms with Crippen LogP contribution in [-0.2, 0) is 4.74 Å². The summed E-state index contributed by atoms with van der Waals surface area (Å²) < 4.78 is 6.07. The highest BCUT2D eigenvalue weighted by Gasteiger charge is 2.30. The molecule has 2 aliphatic rings. The molecule has 0 N–H and O–H groups in total. The molecule has 0 amide bonds. The average Bonchev–Trinajstić information content (AvgIpc) is 2.58. The molecule has 0 saturated heterocycles. The third-order valence-corrected chi connectivity index (χ3v) is 6.16. The Labute approximate surface area is 138 Å². The Kier molecular flexibility index (Phi) is 8.59. The Hall–Kier alpha value is -0.300. The van der Waals surface area contributed by atoms with Crippen LogP contribution in [0.5, 0.6) is 0 Å². The Balaban J connectivity index is 1.58. The summed E-state index contributed by atoms with van der Waals surface area (Å²) in [5, 5.41) is 0. The molecule has 0 heterocycles. The molecule has 2 fully saturated rings. The molecule has 22 heavy (non-hydrogen) atoms. The van der Waals surface area contributed by atoms with E-state index >= 15 is 0 Å². The van der Waals surface area contributed by atoms with Gasteiger partial charge in [-0.2, -0.15) is 0 Å². The van der Waals surface area contributed by atoms with Crippen molar-refractivity contribution in [3.05, 3.63) is 12.7 Å². The molecule has 2 saturated carbocycles. The van der Waals surface area contributed by atoms with Crippen LogP contribution < -0.4 is 0 Å². The summed E-state index contributed by atoms with van der Waals surface area (Å²) in [4.78, 5) is 0. The van der Waals surface area contributed by atoms with Gasteiger partial charge in [-0.05, 0) is 75.5 Å². The lowest BCUT2D eigenvalue weighted by atomic mass is 9.70. The Bertz CT molecular complexity index is 282. The van der Waals surface area contributed by atoms with Crippen molar-refractivity contribution in [1.82, 2.24) is 0 Å². The highest BCUT2D eigenvalue weighted by molar-refractivity contribution is 4.83. The summed E-state index contributed by atoms with van der Waals surface area (Å²) in [6.45, 7) is 7.12. The zero-order chi connectivity index (χ0) is 15.6. The lowest BCUT2D eigenvalue weighted by Crippen LogP contribution is -2.28. The highest BCUT2D eigenvalue weighted by Crippen LogP contribution is 2.41. The highest BCUT2D eigenvalue weighted by atomic mass is 16.5. The predicted octanol–water partition coefficient (Wildman–Crippen LogP) is 6.52. The van der Waals surface area contributed by atoms with Gasteiger partial charge >= 0.3 is 0 Å². The van der Waals surface area contributed by atoms with Crippen molar-refractivity contribution in [3.63, 3.8) is 0 Å². The van der Waals surface area contributed by atoms with Crippen LogP contribution in [0.25, 0.3) is 0 Å². The fourth-order valence-electron chi connectivity index (χ4n) is 4.63. The number of hydrogen-bond acceptors (Lipinski definition) is 1. The fraction of sp³-hybridized carbons (Fsp3) is 0.905. The maximum absolute atomic E-state index is 6.07. The van der Waals surface area contributed by atoms with E-state index in [0.717, 1.165) is 24.4 Å². The zero-order valence-corrected chi connectivity index (χ0v) is 14.9. The van der Waals surface area contributed by atoms with Crippen LogP contribution >= 0.6 is 0 Å². The van der Waals surface area contributed by atoms with Crippen LogP contribution in [0.3, 0.4) is 0 Å². The molecule has 2 aliphatic carbocycles. The van der Waals surface area contributed by atoms with Gasteiger partial charge in [0.25, 0.3) is 0 Å². The van der Waals surface area contributed by atoms with Gasteiger partial charge in [0.05, 0.1) is 6.10 Å². The van der Waals surface area contributed by atoms with E-state index in [4.69, 9.17) is 4.74 Å². The number of unbranched alkanes of at least 4 members (excludes halogenated alkanes) is 2. The maximum atomic E-state index is 6.07. The molecule has 0 aliphatic heterocycles. The Morgan fingerprint density at radius 3 is 2.14 bits per heavy atom. The summed E-state index contributed by atoms with van der Waals surface area (Å²) in [5.41, 5.74) is 0. The molecule has 128 valence electrons. The number of rotatable bonds is 9.